The van der Waals surface area contributed by atoms with Gasteiger partial charge in [-0.15, -0.1) is 0 Å². The minimum Gasteiger partial charge on any atom is -0.497 e. The topological polar surface area (TPSA) is 64.4 Å². The van der Waals surface area contributed by atoms with Gasteiger partial charge in [-0.25, -0.2) is 4.98 Å². The molecule has 1 N–H and O–H groups in total. The van der Waals surface area contributed by atoms with E-state index in [0.717, 1.165) is 29.7 Å². The second-order valence-electron chi connectivity index (χ2n) is 4.10. The van der Waals surface area contributed by atoms with Gasteiger partial charge in [-0.1, -0.05) is 6.92 Å². The molecular formula is C13H16N2O3. The monoisotopic (exact) mass is 248 g/mol. The first-order valence-electron chi connectivity index (χ1n) is 5.90. The van der Waals surface area contributed by atoms with E-state index in [2.05, 4.69) is 11.9 Å². The molecule has 2 rings (SSSR count). The van der Waals surface area contributed by atoms with E-state index in [1.165, 1.54) is 0 Å². The Morgan fingerprint density at radius 1 is 1.50 bits per heavy atom. The summed E-state index contributed by atoms with van der Waals surface area (Å²) in [6, 6.07) is 5.61. The minimum absolute atomic E-state index is 0.0585. The first-order chi connectivity index (χ1) is 8.65. The van der Waals surface area contributed by atoms with Crippen LogP contribution in [0.2, 0.25) is 0 Å². The molecule has 0 unspecified atom stereocenters. The number of aliphatic carboxylic acids is 1. The van der Waals surface area contributed by atoms with Crippen LogP contribution in [0.3, 0.4) is 0 Å². The third-order valence-electron chi connectivity index (χ3n) is 2.79. The number of benzene rings is 1. The van der Waals surface area contributed by atoms with Crippen molar-refractivity contribution in [3.63, 3.8) is 0 Å². The lowest BCUT2D eigenvalue weighted by Crippen LogP contribution is -2.09. The van der Waals surface area contributed by atoms with Gasteiger partial charge < -0.3 is 14.4 Å². The van der Waals surface area contributed by atoms with E-state index in [4.69, 9.17) is 9.84 Å². The van der Waals surface area contributed by atoms with E-state index < -0.39 is 5.97 Å². The Hall–Kier alpha value is -2.04. The number of hydrogen-bond donors (Lipinski definition) is 1. The summed E-state index contributed by atoms with van der Waals surface area (Å²) in [5.41, 5.74) is 1.73. The molecule has 0 bridgehead atoms. The van der Waals surface area contributed by atoms with E-state index in [1.807, 2.05) is 22.8 Å². The van der Waals surface area contributed by atoms with Crippen LogP contribution in [0.1, 0.15) is 19.2 Å². The summed E-state index contributed by atoms with van der Waals surface area (Å²) >= 11 is 0. The highest BCUT2D eigenvalue weighted by molar-refractivity contribution is 5.79. The number of carbonyl (C=O) groups is 1. The molecule has 1 aromatic carbocycles. The number of ether oxygens (including phenoxy) is 1. The molecule has 0 saturated carbocycles. The average molecular weight is 248 g/mol. The summed E-state index contributed by atoms with van der Waals surface area (Å²) in [6.45, 7) is 2.82. The maximum absolute atomic E-state index is 10.8. The van der Waals surface area contributed by atoms with Gasteiger partial charge in [0.25, 0.3) is 0 Å². The van der Waals surface area contributed by atoms with Crippen LogP contribution < -0.4 is 4.74 Å². The Bertz CT molecular complexity index is 575. The minimum atomic E-state index is -0.866. The SMILES string of the molecule is CCCn1c(CC(=O)O)nc2cc(OC)ccc21. The maximum Gasteiger partial charge on any atom is 0.311 e. The molecule has 0 radical (unpaired) electrons. The van der Waals surface area contributed by atoms with Crippen molar-refractivity contribution >= 4 is 17.0 Å². The van der Waals surface area contributed by atoms with Crippen molar-refractivity contribution in [1.29, 1.82) is 0 Å². The highest BCUT2D eigenvalue weighted by Crippen LogP contribution is 2.22. The van der Waals surface area contributed by atoms with Crippen molar-refractivity contribution in [3.8, 4) is 5.75 Å². The van der Waals surface area contributed by atoms with Crippen molar-refractivity contribution in [2.75, 3.05) is 7.11 Å². The molecule has 0 fully saturated rings. The number of carboxylic acids is 1. The Kier molecular flexibility index (Phi) is 3.50. The van der Waals surface area contributed by atoms with Crippen LogP contribution in [-0.4, -0.2) is 27.7 Å². The molecule has 5 heteroatoms. The van der Waals surface area contributed by atoms with Crippen LogP contribution in [0.4, 0.5) is 0 Å². The van der Waals surface area contributed by atoms with E-state index in [0.29, 0.717) is 5.82 Å². The molecule has 96 valence electrons. The van der Waals surface area contributed by atoms with Gasteiger partial charge in [0.05, 0.1) is 18.1 Å². The molecule has 0 amide bonds. The fraction of sp³-hybridized carbons (Fsp3) is 0.385. The van der Waals surface area contributed by atoms with E-state index >= 15 is 0 Å². The standard InChI is InChI=1S/C13H16N2O3/c1-3-6-15-11-5-4-9(18-2)7-10(11)14-12(15)8-13(16)17/h4-5,7H,3,6,8H2,1-2H3,(H,16,17). The number of hydrogen-bond acceptors (Lipinski definition) is 3. The van der Waals surface area contributed by atoms with Crippen LogP contribution in [-0.2, 0) is 17.8 Å². The highest BCUT2D eigenvalue weighted by Gasteiger charge is 2.13. The van der Waals surface area contributed by atoms with E-state index in [1.54, 1.807) is 7.11 Å². The lowest BCUT2D eigenvalue weighted by Gasteiger charge is -2.06. The average Bonchev–Trinajstić information content (AvgIpc) is 2.66. The van der Waals surface area contributed by atoms with Crippen LogP contribution in [0, 0.1) is 0 Å². The number of aromatic nitrogens is 2. The third-order valence-corrected chi connectivity index (χ3v) is 2.79. The van der Waals surface area contributed by atoms with Gasteiger partial charge in [-0.3, -0.25) is 4.79 Å². The quantitative estimate of drug-likeness (QED) is 0.879. The number of methoxy groups -OCH3 is 1. The van der Waals surface area contributed by atoms with Crippen LogP contribution >= 0.6 is 0 Å². The van der Waals surface area contributed by atoms with Crippen molar-refractivity contribution in [3.05, 3.63) is 24.0 Å². The number of carboxylic acid groups (broad SMARTS) is 1. The summed E-state index contributed by atoms with van der Waals surface area (Å²) in [7, 11) is 1.60. The van der Waals surface area contributed by atoms with Gasteiger partial charge in [-0.05, 0) is 18.6 Å². The summed E-state index contributed by atoms with van der Waals surface area (Å²) in [4.78, 5) is 15.2. The Labute approximate surface area is 105 Å². The van der Waals surface area contributed by atoms with Gasteiger partial charge in [0.2, 0.25) is 0 Å². The number of rotatable bonds is 5. The molecule has 1 heterocycles. The largest absolute Gasteiger partial charge is 0.497 e. The molecule has 2 aromatic rings. The predicted molar refractivity (Wildman–Crippen MR) is 67.9 cm³/mol. The van der Waals surface area contributed by atoms with E-state index in [9.17, 15) is 4.79 Å². The zero-order valence-corrected chi connectivity index (χ0v) is 10.5. The second-order valence-corrected chi connectivity index (χ2v) is 4.10. The van der Waals surface area contributed by atoms with Gasteiger partial charge in [0.1, 0.15) is 18.0 Å². The van der Waals surface area contributed by atoms with Crippen molar-refractivity contribution in [1.82, 2.24) is 9.55 Å². The first kappa shape index (κ1) is 12.4. The third kappa shape index (κ3) is 2.30. The summed E-state index contributed by atoms with van der Waals surface area (Å²) in [5.74, 6) is 0.452. The van der Waals surface area contributed by atoms with Crippen LogP contribution in [0.25, 0.3) is 11.0 Å². The fourth-order valence-corrected chi connectivity index (χ4v) is 2.03. The normalized spacial score (nSPS) is 10.8. The van der Waals surface area contributed by atoms with Crippen LogP contribution in [0.5, 0.6) is 5.75 Å². The summed E-state index contributed by atoms with van der Waals surface area (Å²) in [6.07, 6.45) is 0.876. The van der Waals surface area contributed by atoms with Crippen molar-refractivity contribution < 1.29 is 14.6 Å². The molecule has 0 saturated heterocycles. The van der Waals surface area contributed by atoms with Gasteiger partial charge in [0.15, 0.2) is 0 Å². The second kappa shape index (κ2) is 5.08. The Morgan fingerprint density at radius 3 is 2.89 bits per heavy atom. The van der Waals surface area contributed by atoms with Crippen molar-refractivity contribution in [2.24, 2.45) is 0 Å². The van der Waals surface area contributed by atoms with Gasteiger partial charge >= 0.3 is 5.97 Å². The molecule has 0 atom stereocenters. The molecule has 0 aliphatic heterocycles. The zero-order valence-electron chi connectivity index (χ0n) is 10.5. The first-order valence-corrected chi connectivity index (χ1v) is 5.90. The summed E-state index contributed by atoms with van der Waals surface area (Å²) < 4.78 is 7.11. The molecule has 18 heavy (non-hydrogen) atoms. The highest BCUT2D eigenvalue weighted by atomic mass is 16.5. The van der Waals surface area contributed by atoms with Gasteiger partial charge in [-0.2, -0.15) is 0 Å². The zero-order chi connectivity index (χ0) is 13.1. The number of nitrogens with zero attached hydrogens (tertiary/aromatic N) is 2. The Morgan fingerprint density at radius 2 is 2.28 bits per heavy atom. The molecule has 0 aliphatic carbocycles. The Balaban J connectivity index is 2.54. The lowest BCUT2D eigenvalue weighted by atomic mass is 10.3. The van der Waals surface area contributed by atoms with Crippen molar-refractivity contribution in [2.45, 2.75) is 26.3 Å². The number of imidazole rings is 1. The number of aryl methyl sites for hydroxylation is 1. The lowest BCUT2D eigenvalue weighted by molar-refractivity contribution is -0.136. The van der Waals surface area contributed by atoms with Crippen LogP contribution in [0.15, 0.2) is 18.2 Å². The molecule has 0 spiro atoms. The molecule has 1 aromatic heterocycles. The number of fused-ring (bicyclic) bond motifs is 1. The fourth-order valence-electron chi connectivity index (χ4n) is 2.03. The predicted octanol–water partition coefficient (Wildman–Crippen LogP) is 2.08. The smallest absolute Gasteiger partial charge is 0.311 e. The maximum atomic E-state index is 10.8. The summed E-state index contributed by atoms with van der Waals surface area (Å²) in [5, 5.41) is 8.91. The molecule has 0 aliphatic rings. The van der Waals surface area contributed by atoms with E-state index in [-0.39, 0.29) is 6.42 Å². The molecule has 5 nitrogen and oxygen atoms in total. The molecular weight excluding hydrogens is 232 g/mol. The van der Waals surface area contributed by atoms with Gasteiger partial charge in [0, 0.05) is 12.6 Å².